The van der Waals surface area contributed by atoms with Crippen molar-refractivity contribution in [3.8, 4) is 0 Å². The van der Waals surface area contributed by atoms with Crippen molar-refractivity contribution in [3.05, 3.63) is 42.0 Å². The number of hydrogen-bond acceptors (Lipinski definition) is 6. The Bertz CT molecular complexity index is 848. The van der Waals surface area contributed by atoms with Crippen molar-refractivity contribution in [2.75, 3.05) is 18.1 Å². The molecule has 2 saturated heterocycles. The van der Waals surface area contributed by atoms with E-state index >= 15 is 0 Å². The van der Waals surface area contributed by atoms with Crippen molar-refractivity contribution in [1.29, 1.82) is 0 Å². The lowest BCUT2D eigenvalue weighted by atomic mass is 9.73. The highest BCUT2D eigenvalue weighted by atomic mass is 16.5. The van der Waals surface area contributed by atoms with Gasteiger partial charge in [0.2, 0.25) is 11.8 Å². The number of aliphatic hydroxyl groups excluding tert-OH is 1. The first-order valence-electron chi connectivity index (χ1n) is 8.53. The number of benzene rings is 1. The molecule has 0 unspecified atom stereocenters. The Morgan fingerprint density at radius 2 is 2.00 bits per heavy atom. The van der Waals surface area contributed by atoms with E-state index in [0.29, 0.717) is 5.69 Å². The second kappa shape index (κ2) is 5.49. The number of aliphatic hydroxyl groups is 1. The largest absolute Gasteiger partial charge is 0.462 e. The Hall–Kier alpha value is -2.51. The highest BCUT2D eigenvalue weighted by Crippen LogP contribution is 2.57. The quantitative estimate of drug-likeness (QED) is 0.492. The number of anilines is 1. The molecular formula is C19H19NO6. The molecule has 2 bridgehead atoms. The minimum Gasteiger partial charge on any atom is -0.462 e. The third-order valence-corrected chi connectivity index (χ3v) is 5.42. The maximum Gasteiger partial charge on any atom is 0.338 e. The van der Waals surface area contributed by atoms with Crippen molar-refractivity contribution >= 4 is 23.5 Å². The van der Waals surface area contributed by atoms with Crippen molar-refractivity contribution < 1.29 is 29.0 Å². The number of esters is 1. The van der Waals surface area contributed by atoms with E-state index in [2.05, 4.69) is 0 Å². The molecule has 1 aromatic carbocycles. The van der Waals surface area contributed by atoms with Gasteiger partial charge in [0.1, 0.15) is 5.60 Å². The normalized spacial score (nSPS) is 34.5. The zero-order valence-electron chi connectivity index (χ0n) is 14.5. The second-order valence-corrected chi connectivity index (χ2v) is 6.97. The van der Waals surface area contributed by atoms with Gasteiger partial charge in [-0.3, -0.25) is 9.59 Å². The van der Waals surface area contributed by atoms with Crippen LogP contribution in [0.1, 0.15) is 24.2 Å². The van der Waals surface area contributed by atoms with Crippen molar-refractivity contribution in [3.63, 3.8) is 0 Å². The summed E-state index contributed by atoms with van der Waals surface area (Å²) in [5, 5.41) is 9.82. The number of hydrogen-bond donors (Lipinski definition) is 1. The SMILES string of the molecule is CCOC(=O)c1cccc(N2C(=O)[C@H]3[C@H](C2=O)[C@]2(C)C=C[C@]3(CO)O2)c1. The van der Waals surface area contributed by atoms with Gasteiger partial charge in [-0.05, 0) is 32.0 Å². The molecule has 26 heavy (non-hydrogen) atoms. The zero-order valence-corrected chi connectivity index (χ0v) is 14.5. The van der Waals surface area contributed by atoms with Gasteiger partial charge in [0.05, 0.1) is 41.9 Å². The number of nitrogens with zero attached hydrogens (tertiary/aromatic N) is 1. The van der Waals surface area contributed by atoms with Gasteiger partial charge in [-0.15, -0.1) is 0 Å². The first kappa shape index (κ1) is 16.9. The van der Waals surface area contributed by atoms with Crippen molar-refractivity contribution in [1.82, 2.24) is 0 Å². The third-order valence-electron chi connectivity index (χ3n) is 5.42. The molecule has 4 atom stereocenters. The number of rotatable bonds is 4. The number of carbonyl (C=O) groups is 3. The number of carbonyl (C=O) groups excluding carboxylic acids is 3. The Labute approximate surface area is 150 Å². The lowest BCUT2D eigenvalue weighted by Gasteiger charge is -2.27. The van der Waals surface area contributed by atoms with E-state index in [-0.39, 0.29) is 24.7 Å². The minimum absolute atomic E-state index is 0.231. The van der Waals surface area contributed by atoms with Crippen LogP contribution in [0.15, 0.2) is 36.4 Å². The van der Waals surface area contributed by atoms with Crippen LogP contribution in [0.2, 0.25) is 0 Å². The maximum atomic E-state index is 13.1. The predicted molar refractivity (Wildman–Crippen MR) is 90.3 cm³/mol. The fourth-order valence-corrected chi connectivity index (χ4v) is 4.28. The highest BCUT2D eigenvalue weighted by molar-refractivity contribution is 6.23. The van der Waals surface area contributed by atoms with Crippen LogP contribution < -0.4 is 4.90 Å². The van der Waals surface area contributed by atoms with Crippen molar-refractivity contribution in [2.45, 2.75) is 25.0 Å². The molecule has 0 aromatic heterocycles. The molecule has 0 radical (unpaired) electrons. The summed E-state index contributed by atoms with van der Waals surface area (Å²) in [4.78, 5) is 39.2. The van der Waals surface area contributed by atoms with Gasteiger partial charge < -0.3 is 14.6 Å². The maximum absolute atomic E-state index is 13.1. The Morgan fingerprint density at radius 3 is 2.69 bits per heavy atom. The lowest BCUT2D eigenvalue weighted by molar-refractivity contribution is -0.131. The van der Waals surface area contributed by atoms with E-state index in [0.717, 1.165) is 4.90 Å². The molecule has 0 aliphatic carbocycles. The molecule has 1 aromatic rings. The van der Waals surface area contributed by atoms with Gasteiger partial charge in [-0.1, -0.05) is 18.2 Å². The molecule has 2 amide bonds. The fraction of sp³-hybridized carbons (Fsp3) is 0.421. The highest BCUT2D eigenvalue weighted by Gasteiger charge is 2.72. The molecule has 136 valence electrons. The summed E-state index contributed by atoms with van der Waals surface area (Å²) in [5.41, 5.74) is -1.51. The molecule has 1 N–H and O–H groups in total. The van der Waals surface area contributed by atoms with Crippen LogP contribution in [-0.2, 0) is 19.1 Å². The van der Waals surface area contributed by atoms with E-state index in [9.17, 15) is 19.5 Å². The second-order valence-electron chi connectivity index (χ2n) is 6.97. The third kappa shape index (κ3) is 2.04. The van der Waals surface area contributed by atoms with Crippen LogP contribution in [0.3, 0.4) is 0 Å². The summed E-state index contributed by atoms with van der Waals surface area (Å²) in [6.45, 7) is 3.30. The zero-order chi connectivity index (χ0) is 18.7. The average Bonchev–Trinajstić information content (AvgIpc) is 3.21. The molecular weight excluding hydrogens is 338 g/mol. The van der Waals surface area contributed by atoms with E-state index in [1.807, 2.05) is 0 Å². The minimum atomic E-state index is -1.17. The first-order chi connectivity index (χ1) is 12.4. The molecule has 3 aliphatic heterocycles. The first-order valence-corrected chi connectivity index (χ1v) is 8.53. The molecule has 7 heteroatoms. The van der Waals surface area contributed by atoms with E-state index < -0.39 is 34.9 Å². The molecule has 4 rings (SSSR count). The number of imide groups is 1. The molecule has 2 fully saturated rings. The number of fused-ring (bicyclic) bond motifs is 5. The van der Waals surface area contributed by atoms with Crippen LogP contribution >= 0.6 is 0 Å². The summed E-state index contributed by atoms with van der Waals surface area (Å²) in [7, 11) is 0. The van der Waals surface area contributed by atoms with E-state index in [1.165, 1.54) is 6.07 Å². The molecule has 7 nitrogen and oxygen atoms in total. The van der Waals surface area contributed by atoms with Crippen LogP contribution in [0.5, 0.6) is 0 Å². The standard InChI is InChI=1S/C19H19NO6/c1-3-25-17(24)11-5-4-6-12(9-11)20-15(22)13-14(16(20)23)19(10-21)8-7-18(13,2)26-19/h4-9,13-14,21H,3,10H2,1-2H3/t13-,14-,18+,19-/m1/s1. The molecule has 3 aliphatic rings. The van der Waals surface area contributed by atoms with Gasteiger partial charge in [-0.2, -0.15) is 0 Å². The summed E-state index contributed by atoms with van der Waals surface area (Å²) in [6.07, 6.45) is 3.42. The lowest BCUT2D eigenvalue weighted by Crippen LogP contribution is -2.43. The smallest absolute Gasteiger partial charge is 0.338 e. The van der Waals surface area contributed by atoms with Gasteiger partial charge in [-0.25, -0.2) is 9.69 Å². The summed E-state index contributed by atoms with van der Waals surface area (Å²) in [5.74, 6) is -2.80. The van der Waals surface area contributed by atoms with Crippen LogP contribution in [0.4, 0.5) is 5.69 Å². The topological polar surface area (TPSA) is 93.1 Å². The Balaban J connectivity index is 1.73. The van der Waals surface area contributed by atoms with Crippen LogP contribution in [-0.4, -0.2) is 47.3 Å². The van der Waals surface area contributed by atoms with Gasteiger partial charge in [0.25, 0.3) is 0 Å². The summed E-state index contributed by atoms with van der Waals surface area (Å²) < 4.78 is 10.9. The van der Waals surface area contributed by atoms with Crippen molar-refractivity contribution in [2.24, 2.45) is 11.8 Å². The van der Waals surface area contributed by atoms with Gasteiger partial charge >= 0.3 is 5.97 Å². The van der Waals surface area contributed by atoms with Gasteiger partial charge in [0, 0.05) is 0 Å². The molecule has 0 spiro atoms. The van der Waals surface area contributed by atoms with Gasteiger partial charge in [0.15, 0.2) is 0 Å². The molecule has 3 heterocycles. The van der Waals surface area contributed by atoms with E-state index in [1.54, 1.807) is 44.2 Å². The van der Waals surface area contributed by atoms with Crippen LogP contribution in [0.25, 0.3) is 0 Å². The number of amides is 2. The van der Waals surface area contributed by atoms with E-state index in [4.69, 9.17) is 9.47 Å². The monoisotopic (exact) mass is 357 g/mol. The summed E-state index contributed by atoms with van der Waals surface area (Å²) >= 11 is 0. The van der Waals surface area contributed by atoms with Crippen LogP contribution in [0, 0.1) is 11.8 Å². The number of ether oxygens (including phenoxy) is 2. The Kier molecular flexibility index (Phi) is 3.58. The Morgan fingerprint density at radius 1 is 1.27 bits per heavy atom. The fourth-order valence-electron chi connectivity index (χ4n) is 4.28. The summed E-state index contributed by atoms with van der Waals surface area (Å²) in [6, 6.07) is 6.24. The predicted octanol–water partition coefficient (Wildman–Crippen LogP) is 1.06. The average molecular weight is 357 g/mol. The molecule has 0 saturated carbocycles.